The van der Waals surface area contributed by atoms with Gasteiger partial charge in [0.2, 0.25) is 5.95 Å². The topological polar surface area (TPSA) is 210 Å². The number of carbonyl (C=O) groups excluding carboxylic acids is 2. The molecule has 240 valence electrons. The lowest BCUT2D eigenvalue weighted by atomic mass is 9.82. The van der Waals surface area contributed by atoms with Gasteiger partial charge < -0.3 is 16.0 Å². The molecule has 13 nitrogen and oxygen atoms in total. The molecule has 1 heterocycles. The second-order valence-corrected chi connectivity index (χ2v) is 13.5. The number of halogens is 3. The fourth-order valence-corrected chi connectivity index (χ4v) is 7.03. The highest BCUT2D eigenvalue weighted by atomic mass is 35.5. The number of nitrogens with one attached hydrogen (secondary N) is 1. The van der Waals surface area contributed by atoms with E-state index in [9.17, 15) is 44.3 Å². The monoisotopic (exact) mass is 693 g/mol. The minimum atomic E-state index is -5.05. The van der Waals surface area contributed by atoms with Crippen LogP contribution in [0.3, 0.4) is 0 Å². The zero-order chi connectivity index (χ0) is 34.0. The highest BCUT2D eigenvalue weighted by Crippen LogP contribution is 2.42. The Labute approximate surface area is 265 Å². The Morgan fingerprint density at radius 3 is 2.07 bits per heavy atom. The van der Waals surface area contributed by atoms with Crippen molar-refractivity contribution in [3.8, 4) is 0 Å². The smallest absolute Gasteiger partial charge is 0.313 e. The van der Waals surface area contributed by atoms with Crippen LogP contribution in [-0.4, -0.2) is 54.5 Å². The van der Waals surface area contributed by atoms with Gasteiger partial charge in [0.25, 0.3) is 20.2 Å². The van der Waals surface area contributed by atoms with E-state index in [1.54, 1.807) is 0 Å². The number of aromatic nitrogens is 2. The van der Waals surface area contributed by atoms with Crippen LogP contribution in [0.25, 0.3) is 0 Å². The van der Waals surface area contributed by atoms with Crippen molar-refractivity contribution in [2.75, 3.05) is 23.0 Å². The maximum absolute atomic E-state index is 14.1. The highest BCUT2D eigenvalue weighted by Gasteiger charge is 2.37. The van der Waals surface area contributed by atoms with E-state index in [0.717, 1.165) is 17.0 Å². The molecule has 5 rings (SSSR count). The molecule has 0 amide bonds. The second-order valence-electron chi connectivity index (χ2n) is 10.3. The van der Waals surface area contributed by atoms with Gasteiger partial charge in [0.05, 0.1) is 27.4 Å². The van der Waals surface area contributed by atoms with Crippen LogP contribution in [0.2, 0.25) is 5.02 Å². The van der Waals surface area contributed by atoms with Crippen LogP contribution < -0.4 is 16.0 Å². The summed E-state index contributed by atoms with van der Waals surface area (Å²) in [4.78, 5) is 33.2. The van der Waals surface area contributed by atoms with Crippen LogP contribution in [0.5, 0.6) is 0 Å². The van der Waals surface area contributed by atoms with Gasteiger partial charge >= 0.3 is 6.08 Å². The minimum absolute atomic E-state index is 0.000675. The van der Waals surface area contributed by atoms with Gasteiger partial charge in [-0.3, -0.25) is 18.7 Å². The molecule has 0 atom stereocenters. The van der Waals surface area contributed by atoms with Crippen molar-refractivity contribution in [2.24, 2.45) is 0 Å². The number of ketones is 2. The van der Waals surface area contributed by atoms with Gasteiger partial charge in [0, 0.05) is 30.4 Å². The Kier molecular flexibility index (Phi) is 8.11. The zero-order valence-electron chi connectivity index (χ0n) is 23.9. The molecule has 0 saturated carbocycles. The van der Waals surface area contributed by atoms with Crippen molar-refractivity contribution in [3.63, 3.8) is 0 Å². The number of carbonyl (C=O) groups is 2. The first kappa shape index (κ1) is 32.8. The Morgan fingerprint density at radius 2 is 1.50 bits per heavy atom. The summed E-state index contributed by atoms with van der Waals surface area (Å²) in [5.41, 5.74) is 4.47. The Bertz CT molecular complexity index is 2250. The van der Waals surface area contributed by atoms with Crippen molar-refractivity contribution in [1.82, 2.24) is 9.97 Å². The molecule has 0 bridgehead atoms. The van der Waals surface area contributed by atoms with Crippen LogP contribution in [0.4, 0.5) is 31.7 Å². The molecule has 0 spiro atoms. The van der Waals surface area contributed by atoms with E-state index in [1.807, 2.05) is 0 Å². The summed E-state index contributed by atoms with van der Waals surface area (Å²) >= 11 is 5.93. The SMILES string of the molecule is Cc1cc(S(=O)(=O)O)c(CN(C)c2nc(F)nc(F)c2Cl)c(C)c1Nc1cc(S(=O)(=O)O)c(N)c2c1C(=O)c1ccccc1C2=O. The zero-order valence-corrected chi connectivity index (χ0v) is 26.3. The number of nitrogens with two attached hydrogens (primary N) is 1. The molecule has 0 radical (unpaired) electrons. The largest absolute Gasteiger partial charge is 0.397 e. The number of hydrogen-bond donors (Lipinski definition) is 4. The van der Waals surface area contributed by atoms with Gasteiger partial charge in [0.15, 0.2) is 17.4 Å². The summed E-state index contributed by atoms with van der Waals surface area (Å²) in [6.45, 7) is 2.37. The Morgan fingerprint density at radius 1 is 0.935 bits per heavy atom. The molecule has 0 fully saturated rings. The molecular weight excluding hydrogens is 672 g/mol. The number of nitrogens with zero attached hydrogens (tertiary/aromatic N) is 3. The minimum Gasteiger partial charge on any atom is -0.397 e. The fraction of sp³-hybridized carbons (Fsp3) is 0.143. The average Bonchev–Trinajstić information content (AvgIpc) is 2.96. The van der Waals surface area contributed by atoms with Crippen molar-refractivity contribution in [3.05, 3.63) is 92.4 Å². The van der Waals surface area contributed by atoms with Crippen LogP contribution in [0, 0.1) is 25.9 Å². The number of anilines is 4. The summed E-state index contributed by atoms with van der Waals surface area (Å²) in [5, 5.41) is 2.21. The molecular formula is C28H22ClF2N5O8S2. The molecule has 1 aromatic heterocycles. The molecule has 0 unspecified atom stereocenters. The molecule has 46 heavy (non-hydrogen) atoms. The third-order valence-electron chi connectivity index (χ3n) is 7.41. The number of rotatable bonds is 7. The summed E-state index contributed by atoms with van der Waals surface area (Å²) in [5.74, 6) is -3.31. The van der Waals surface area contributed by atoms with Crippen LogP contribution >= 0.6 is 11.6 Å². The quantitative estimate of drug-likeness (QED) is 0.0814. The standard InChI is InChI=1S/C28H22ClF2N5O8S2/c1-11-8-17(45(39,40)41)15(10-36(3)27-21(29)26(30)34-28(31)35-27)12(2)23(11)33-16-9-18(46(42,43)44)22(32)20-19(16)24(37)13-6-4-5-7-14(13)25(20)38/h4-9,33H,10,32H2,1-3H3,(H,39,40,41)(H,42,43,44). The number of nitrogen functional groups attached to an aromatic ring is 1. The molecule has 3 aromatic carbocycles. The first-order valence-electron chi connectivity index (χ1n) is 12.9. The molecule has 4 aromatic rings. The molecule has 1 aliphatic rings. The van der Waals surface area contributed by atoms with E-state index >= 15 is 0 Å². The van der Waals surface area contributed by atoms with Crippen LogP contribution in [0.15, 0.2) is 46.2 Å². The van der Waals surface area contributed by atoms with E-state index in [0.29, 0.717) is 0 Å². The summed E-state index contributed by atoms with van der Waals surface area (Å²) < 4.78 is 97.5. The normalized spacial score (nSPS) is 13.0. The van der Waals surface area contributed by atoms with Crippen molar-refractivity contribution in [1.29, 1.82) is 0 Å². The van der Waals surface area contributed by atoms with E-state index < -0.39 is 82.3 Å². The maximum atomic E-state index is 14.1. The van der Waals surface area contributed by atoms with Gasteiger partial charge in [-0.25, -0.2) is 0 Å². The van der Waals surface area contributed by atoms with Crippen LogP contribution in [0.1, 0.15) is 48.5 Å². The summed E-state index contributed by atoms with van der Waals surface area (Å²) in [6, 6.07) is 7.69. The third kappa shape index (κ3) is 5.56. The lowest BCUT2D eigenvalue weighted by Gasteiger charge is -2.26. The van der Waals surface area contributed by atoms with Crippen molar-refractivity contribution in [2.45, 2.75) is 30.2 Å². The van der Waals surface area contributed by atoms with Crippen molar-refractivity contribution >= 4 is 66.3 Å². The van der Waals surface area contributed by atoms with Crippen molar-refractivity contribution < 1.29 is 44.3 Å². The second kappa shape index (κ2) is 11.4. The lowest BCUT2D eigenvalue weighted by molar-refractivity contribution is 0.0980. The molecule has 18 heteroatoms. The van der Waals surface area contributed by atoms with Gasteiger partial charge in [0.1, 0.15) is 9.92 Å². The Balaban J connectivity index is 1.74. The summed E-state index contributed by atoms with van der Waals surface area (Å²) in [7, 11) is -8.68. The number of fused-ring (bicyclic) bond motifs is 2. The number of hydrogen-bond acceptors (Lipinski definition) is 11. The molecule has 5 N–H and O–H groups in total. The number of aryl methyl sites for hydroxylation is 1. The predicted molar refractivity (Wildman–Crippen MR) is 162 cm³/mol. The number of benzene rings is 3. The fourth-order valence-electron chi connectivity index (χ4n) is 5.30. The van der Waals surface area contributed by atoms with Gasteiger partial charge in [-0.05, 0) is 42.7 Å². The van der Waals surface area contributed by atoms with E-state index in [-0.39, 0.29) is 44.8 Å². The van der Waals surface area contributed by atoms with Gasteiger partial charge in [-0.2, -0.15) is 35.6 Å². The average molecular weight is 694 g/mol. The first-order chi connectivity index (χ1) is 21.3. The molecule has 1 aliphatic carbocycles. The summed E-state index contributed by atoms with van der Waals surface area (Å²) in [6.07, 6.45) is -1.45. The maximum Gasteiger partial charge on any atom is 0.313 e. The lowest BCUT2D eigenvalue weighted by Crippen LogP contribution is -2.25. The van der Waals surface area contributed by atoms with Gasteiger partial charge in [-0.15, -0.1) is 0 Å². The predicted octanol–water partition coefficient (Wildman–Crippen LogP) is 4.26. The van der Waals surface area contributed by atoms with E-state index in [2.05, 4.69) is 15.3 Å². The highest BCUT2D eigenvalue weighted by molar-refractivity contribution is 7.86. The van der Waals surface area contributed by atoms with E-state index in [1.165, 1.54) is 45.2 Å². The van der Waals surface area contributed by atoms with E-state index in [4.69, 9.17) is 17.3 Å². The Hall–Kier alpha value is -4.55. The first-order valence-corrected chi connectivity index (χ1v) is 16.2. The van der Waals surface area contributed by atoms with Gasteiger partial charge in [-0.1, -0.05) is 35.9 Å². The third-order valence-corrected chi connectivity index (χ3v) is 9.54. The molecule has 0 aliphatic heterocycles. The molecule has 0 saturated heterocycles. The van der Waals surface area contributed by atoms with Crippen LogP contribution in [-0.2, 0) is 26.8 Å².